The first-order valence-corrected chi connectivity index (χ1v) is 7.88. The van der Waals surface area contributed by atoms with Gasteiger partial charge in [0.1, 0.15) is 15.7 Å². The van der Waals surface area contributed by atoms with Crippen LogP contribution in [-0.2, 0) is 0 Å². The molecule has 0 fully saturated rings. The molecule has 1 aromatic heterocycles. The first kappa shape index (κ1) is 13.6. The maximum atomic E-state index is 9.30. The van der Waals surface area contributed by atoms with E-state index in [1.807, 2.05) is 36.6 Å². The minimum atomic E-state index is 0.547. The molecule has 5 heteroatoms. The van der Waals surface area contributed by atoms with Gasteiger partial charge in [0, 0.05) is 5.56 Å². The number of hydrogen-bond acceptors (Lipinski definition) is 3. The molecular weight excluding hydrogens is 376 g/mol. The van der Waals surface area contributed by atoms with Crippen LogP contribution in [0.4, 0.5) is 0 Å². The second kappa shape index (κ2) is 5.87. The molecule has 0 unspecified atom stereocenters. The highest BCUT2D eigenvalue weighted by Gasteiger charge is 2.17. The third kappa shape index (κ3) is 2.46. The van der Waals surface area contributed by atoms with Gasteiger partial charge in [-0.25, -0.2) is 4.98 Å². The summed E-state index contributed by atoms with van der Waals surface area (Å²) in [7, 11) is 0. The lowest BCUT2D eigenvalue weighted by atomic mass is 10.0. The fourth-order valence-electron chi connectivity index (χ4n) is 1.63. The summed E-state index contributed by atoms with van der Waals surface area (Å²) in [4.78, 5) is 4.36. The summed E-state index contributed by atoms with van der Waals surface area (Å²) in [6, 6.07) is 12.0. The highest BCUT2D eigenvalue weighted by atomic mass is 79.9. The van der Waals surface area contributed by atoms with E-state index in [9.17, 15) is 5.26 Å². The van der Waals surface area contributed by atoms with Crippen molar-refractivity contribution in [2.75, 3.05) is 6.26 Å². The SMILES string of the molecule is CSc1nc(Br)c(C#N)c(-c2ccccc2)c1Br. The van der Waals surface area contributed by atoms with E-state index >= 15 is 0 Å². The standard InChI is InChI=1S/C13H8Br2N2S/c1-18-13-11(14)10(8-5-3-2-4-6-8)9(7-16)12(15)17-13/h2-6H,1H3. The molecule has 0 bridgehead atoms. The van der Waals surface area contributed by atoms with Crippen molar-refractivity contribution in [1.29, 1.82) is 5.26 Å². The average molecular weight is 384 g/mol. The van der Waals surface area contributed by atoms with Crippen LogP contribution >= 0.6 is 43.6 Å². The molecule has 0 spiro atoms. The van der Waals surface area contributed by atoms with Gasteiger partial charge in [-0.05, 0) is 43.7 Å². The van der Waals surface area contributed by atoms with Gasteiger partial charge in [-0.2, -0.15) is 5.26 Å². The largest absolute Gasteiger partial charge is 0.232 e. The molecule has 0 aliphatic carbocycles. The maximum Gasteiger partial charge on any atom is 0.125 e. The fourth-order valence-corrected chi connectivity index (χ4v) is 3.67. The van der Waals surface area contributed by atoms with Crippen LogP contribution in [0.2, 0.25) is 0 Å². The van der Waals surface area contributed by atoms with Crippen LogP contribution in [0.1, 0.15) is 5.56 Å². The maximum absolute atomic E-state index is 9.30. The van der Waals surface area contributed by atoms with E-state index in [0.29, 0.717) is 10.2 Å². The molecular formula is C13H8Br2N2S. The van der Waals surface area contributed by atoms with E-state index in [1.54, 1.807) is 11.8 Å². The molecule has 1 aromatic carbocycles. The third-order valence-electron chi connectivity index (χ3n) is 2.43. The van der Waals surface area contributed by atoms with Crippen LogP contribution in [0.3, 0.4) is 0 Å². The molecule has 0 aliphatic rings. The van der Waals surface area contributed by atoms with Crippen LogP contribution in [0.15, 0.2) is 44.4 Å². The molecule has 2 rings (SSSR count). The normalized spacial score (nSPS) is 10.1. The van der Waals surface area contributed by atoms with Crippen molar-refractivity contribution in [2.45, 2.75) is 5.03 Å². The average Bonchev–Trinajstić information content (AvgIpc) is 2.41. The Labute approximate surface area is 127 Å². The highest BCUT2D eigenvalue weighted by Crippen LogP contribution is 2.39. The predicted octanol–water partition coefficient (Wildman–Crippen LogP) is 4.87. The lowest BCUT2D eigenvalue weighted by Crippen LogP contribution is -1.94. The zero-order valence-electron chi connectivity index (χ0n) is 9.45. The summed E-state index contributed by atoms with van der Waals surface area (Å²) in [5.74, 6) is 0. The van der Waals surface area contributed by atoms with Crippen molar-refractivity contribution >= 4 is 43.6 Å². The van der Waals surface area contributed by atoms with E-state index in [0.717, 1.165) is 20.6 Å². The van der Waals surface area contributed by atoms with Gasteiger partial charge >= 0.3 is 0 Å². The van der Waals surface area contributed by atoms with Gasteiger partial charge in [-0.15, -0.1) is 11.8 Å². The van der Waals surface area contributed by atoms with Gasteiger partial charge in [-0.3, -0.25) is 0 Å². The van der Waals surface area contributed by atoms with E-state index < -0.39 is 0 Å². The number of thioether (sulfide) groups is 1. The number of nitrogens with zero attached hydrogens (tertiary/aromatic N) is 2. The smallest absolute Gasteiger partial charge is 0.125 e. The lowest BCUT2D eigenvalue weighted by Gasteiger charge is -2.11. The minimum absolute atomic E-state index is 0.547. The quantitative estimate of drug-likeness (QED) is 0.548. The molecule has 0 saturated heterocycles. The van der Waals surface area contributed by atoms with Crippen LogP contribution in [-0.4, -0.2) is 11.2 Å². The van der Waals surface area contributed by atoms with Crippen molar-refractivity contribution in [3.8, 4) is 17.2 Å². The molecule has 0 radical (unpaired) electrons. The molecule has 1 heterocycles. The van der Waals surface area contributed by atoms with Crippen molar-refractivity contribution in [2.24, 2.45) is 0 Å². The van der Waals surface area contributed by atoms with Crippen molar-refractivity contribution in [1.82, 2.24) is 4.98 Å². The minimum Gasteiger partial charge on any atom is -0.232 e. The summed E-state index contributed by atoms with van der Waals surface area (Å²) in [6.07, 6.45) is 1.96. The predicted molar refractivity (Wildman–Crippen MR) is 81.6 cm³/mol. The van der Waals surface area contributed by atoms with E-state index in [2.05, 4.69) is 42.9 Å². The summed E-state index contributed by atoms with van der Waals surface area (Å²) in [5, 5.41) is 10.2. The Balaban J connectivity index is 2.80. The van der Waals surface area contributed by atoms with Crippen LogP contribution in [0, 0.1) is 11.3 Å². The molecule has 0 amide bonds. The Bertz CT molecular complexity index is 620. The number of nitriles is 1. The van der Waals surface area contributed by atoms with Gasteiger partial charge in [0.2, 0.25) is 0 Å². The zero-order chi connectivity index (χ0) is 13.1. The molecule has 90 valence electrons. The van der Waals surface area contributed by atoms with Crippen molar-refractivity contribution in [3.05, 3.63) is 45.0 Å². The summed E-state index contributed by atoms with van der Waals surface area (Å²) >= 11 is 8.45. The topological polar surface area (TPSA) is 36.7 Å². The Hall–Kier alpha value is -0.830. The number of hydrogen-bond donors (Lipinski definition) is 0. The number of pyridine rings is 1. The highest BCUT2D eigenvalue weighted by molar-refractivity contribution is 9.11. The van der Waals surface area contributed by atoms with Gasteiger partial charge in [0.15, 0.2) is 0 Å². The Kier molecular flexibility index (Phi) is 4.44. The van der Waals surface area contributed by atoms with Gasteiger partial charge in [0.05, 0.1) is 10.0 Å². The van der Waals surface area contributed by atoms with Crippen molar-refractivity contribution < 1.29 is 0 Å². The molecule has 0 saturated carbocycles. The Morgan fingerprint density at radius 1 is 1.22 bits per heavy atom. The summed E-state index contributed by atoms with van der Waals surface area (Å²) in [5.41, 5.74) is 2.43. The number of rotatable bonds is 2. The van der Waals surface area contributed by atoms with Gasteiger partial charge in [-0.1, -0.05) is 30.3 Å². The van der Waals surface area contributed by atoms with Crippen LogP contribution in [0.25, 0.3) is 11.1 Å². The van der Waals surface area contributed by atoms with Gasteiger partial charge in [0.25, 0.3) is 0 Å². The summed E-state index contributed by atoms with van der Waals surface area (Å²) in [6.45, 7) is 0. The first-order chi connectivity index (χ1) is 8.69. The van der Waals surface area contributed by atoms with Crippen molar-refractivity contribution in [3.63, 3.8) is 0 Å². The number of aromatic nitrogens is 1. The third-order valence-corrected chi connectivity index (χ3v) is 4.72. The molecule has 0 N–H and O–H groups in total. The van der Waals surface area contributed by atoms with Gasteiger partial charge < -0.3 is 0 Å². The van der Waals surface area contributed by atoms with E-state index in [4.69, 9.17) is 0 Å². The monoisotopic (exact) mass is 382 g/mol. The molecule has 2 aromatic rings. The second-order valence-electron chi connectivity index (χ2n) is 3.45. The van der Waals surface area contributed by atoms with Crippen LogP contribution in [0.5, 0.6) is 0 Å². The molecule has 18 heavy (non-hydrogen) atoms. The van der Waals surface area contributed by atoms with E-state index in [1.165, 1.54) is 0 Å². The second-order valence-corrected chi connectivity index (χ2v) is 5.79. The Morgan fingerprint density at radius 2 is 1.89 bits per heavy atom. The lowest BCUT2D eigenvalue weighted by molar-refractivity contribution is 1.07. The zero-order valence-corrected chi connectivity index (χ0v) is 13.4. The Morgan fingerprint density at radius 3 is 2.44 bits per heavy atom. The molecule has 0 aliphatic heterocycles. The first-order valence-electron chi connectivity index (χ1n) is 5.07. The number of benzene rings is 1. The fraction of sp³-hybridized carbons (Fsp3) is 0.0769. The molecule has 2 nitrogen and oxygen atoms in total. The number of halogens is 2. The molecule has 0 atom stereocenters. The van der Waals surface area contributed by atoms with Crippen LogP contribution < -0.4 is 0 Å². The van der Waals surface area contributed by atoms with E-state index in [-0.39, 0.29) is 0 Å². The summed E-state index contributed by atoms with van der Waals surface area (Å²) < 4.78 is 1.44.